The first-order chi connectivity index (χ1) is 8.72. The summed E-state index contributed by atoms with van der Waals surface area (Å²) in [5.74, 6) is 0. The number of anilines is 1. The lowest BCUT2D eigenvalue weighted by Gasteiger charge is -2.05. The van der Waals surface area contributed by atoms with Crippen molar-refractivity contribution in [2.24, 2.45) is 0 Å². The minimum atomic E-state index is 0.796. The van der Waals surface area contributed by atoms with Crippen LogP contribution in [0.3, 0.4) is 0 Å². The first-order valence-electron chi connectivity index (χ1n) is 5.98. The third-order valence-electron chi connectivity index (χ3n) is 3.08. The molecule has 0 aliphatic carbocycles. The molecule has 0 unspecified atom stereocenters. The number of hydrogen-bond donors (Lipinski definition) is 1. The van der Waals surface area contributed by atoms with Crippen LogP contribution >= 0.6 is 0 Å². The van der Waals surface area contributed by atoms with Gasteiger partial charge in [-0.1, -0.05) is 18.2 Å². The molecule has 0 saturated carbocycles. The Bertz CT molecular complexity index is 698. The summed E-state index contributed by atoms with van der Waals surface area (Å²) in [7, 11) is 0. The molecule has 3 aromatic rings. The predicted molar refractivity (Wildman–Crippen MR) is 74.4 cm³/mol. The first kappa shape index (κ1) is 10.8. The molecule has 2 aromatic carbocycles. The van der Waals surface area contributed by atoms with E-state index in [1.807, 2.05) is 24.5 Å². The Morgan fingerprint density at radius 1 is 1.17 bits per heavy atom. The number of nitrogens with two attached hydrogens (primary N) is 1. The van der Waals surface area contributed by atoms with Crippen molar-refractivity contribution in [3.63, 3.8) is 0 Å². The summed E-state index contributed by atoms with van der Waals surface area (Å²) in [4.78, 5) is 4.43. The normalized spacial score (nSPS) is 10.9. The van der Waals surface area contributed by atoms with Crippen LogP contribution in [0.25, 0.3) is 11.0 Å². The van der Waals surface area contributed by atoms with E-state index < -0.39 is 0 Å². The molecule has 0 aliphatic rings. The van der Waals surface area contributed by atoms with Gasteiger partial charge in [0.2, 0.25) is 0 Å². The largest absolute Gasteiger partial charge is 0.399 e. The lowest BCUT2D eigenvalue weighted by molar-refractivity contribution is 0.825. The number of aryl methyl sites for hydroxylation is 1. The summed E-state index contributed by atoms with van der Waals surface area (Å²) in [6.45, 7) is 2.88. The van der Waals surface area contributed by atoms with Crippen molar-refractivity contribution >= 4 is 16.7 Å². The van der Waals surface area contributed by atoms with Gasteiger partial charge in [-0.25, -0.2) is 4.98 Å². The van der Waals surface area contributed by atoms with E-state index in [-0.39, 0.29) is 0 Å². The van der Waals surface area contributed by atoms with Gasteiger partial charge in [0.1, 0.15) is 0 Å². The average molecular weight is 237 g/mol. The fraction of sp³-hybridized carbons (Fsp3) is 0.133. The van der Waals surface area contributed by atoms with E-state index >= 15 is 0 Å². The third kappa shape index (κ3) is 1.95. The topological polar surface area (TPSA) is 43.8 Å². The van der Waals surface area contributed by atoms with Crippen LogP contribution in [0.4, 0.5) is 5.69 Å². The molecule has 2 N–H and O–H groups in total. The molecule has 0 fully saturated rings. The number of rotatable bonds is 2. The smallest absolute Gasteiger partial charge is 0.0961 e. The minimum absolute atomic E-state index is 0.796. The molecule has 0 aliphatic heterocycles. The lowest BCUT2D eigenvalue weighted by atomic mass is 10.2. The Labute approximate surface area is 106 Å². The molecule has 1 heterocycles. The quantitative estimate of drug-likeness (QED) is 0.696. The van der Waals surface area contributed by atoms with E-state index in [0.29, 0.717) is 0 Å². The van der Waals surface area contributed by atoms with E-state index in [1.165, 1.54) is 11.1 Å². The molecule has 0 spiro atoms. The van der Waals surface area contributed by atoms with Gasteiger partial charge >= 0.3 is 0 Å². The highest BCUT2D eigenvalue weighted by atomic mass is 15.0. The van der Waals surface area contributed by atoms with Crippen LogP contribution < -0.4 is 5.73 Å². The fourth-order valence-corrected chi connectivity index (χ4v) is 2.19. The van der Waals surface area contributed by atoms with Crippen molar-refractivity contribution in [1.82, 2.24) is 9.55 Å². The standard InChI is InChI=1S/C15H15N3/c1-11-5-6-15-14(7-11)17-10-18(15)9-12-3-2-4-13(16)8-12/h2-8,10H,9,16H2,1H3. The molecular weight excluding hydrogens is 222 g/mol. The van der Waals surface area contributed by atoms with E-state index in [0.717, 1.165) is 23.3 Å². The molecule has 0 atom stereocenters. The van der Waals surface area contributed by atoms with Gasteiger partial charge in [-0.05, 0) is 42.3 Å². The van der Waals surface area contributed by atoms with Crippen LogP contribution in [0.5, 0.6) is 0 Å². The van der Waals surface area contributed by atoms with Crippen molar-refractivity contribution < 1.29 is 0 Å². The molecule has 0 saturated heterocycles. The summed E-state index contributed by atoms with van der Waals surface area (Å²) in [5.41, 5.74) is 11.2. The number of imidazole rings is 1. The lowest BCUT2D eigenvalue weighted by Crippen LogP contribution is -1.98. The van der Waals surface area contributed by atoms with Crippen LogP contribution in [0, 0.1) is 6.92 Å². The van der Waals surface area contributed by atoms with Gasteiger partial charge < -0.3 is 10.3 Å². The Hall–Kier alpha value is -2.29. The molecule has 0 radical (unpaired) electrons. The molecule has 18 heavy (non-hydrogen) atoms. The van der Waals surface area contributed by atoms with Crippen molar-refractivity contribution in [3.05, 3.63) is 59.9 Å². The van der Waals surface area contributed by atoms with Gasteiger partial charge in [0, 0.05) is 12.2 Å². The molecule has 3 heteroatoms. The maximum Gasteiger partial charge on any atom is 0.0961 e. The van der Waals surface area contributed by atoms with E-state index in [4.69, 9.17) is 5.73 Å². The summed E-state index contributed by atoms with van der Waals surface area (Å²) in [6.07, 6.45) is 1.88. The molecular formula is C15H15N3. The van der Waals surface area contributed by atoms with Crippen molar-refractivity contribution in [2.45, 2.75) is 13.5 Å². The molecule has 1 aromatic heterocycles. The van der Waals surface area contributed by atoms with Crippen LogP contribution in [-0.2, 0) is 6.54 Å². The number of fused-ring (bicyclic) bond motifs is 1. The van der Waals surface area contributed by atoms with Crippen molar-refractivity contribution in [3.8, 4) is 0 Å². The Morgan fingerprint density at radius 3 is 2.89 bits per heavy atom. The highest BCUT2D eigenvalue weighted by Gasteiger charge is 2.03. The van der Waals surface area contributed by atoms with Crippen LogP contribution in [0.15, 0.2) is 48.8 Å². The van der Waals surface area contributed by atoms with Gasteiger partial charge in [-0.3, -0.25) is 0 Å². The summed E-state index contributed by atoms with van der Waals surface area (Å²) >= 11 is 0. The van der Waals surface area contributed by atoms with Crippen LogP contribution in [0.1, 0.15) is 11.1 Å². The summed E-state index contributed by atoms with van der Waals surface area (Å²) in [6, 6.07) is 14.3. The highest BCUT2D eigenvalue weighted by Crippen LogP contribution is 2.16. The molecule has 3 nitrogen and oxygen atoms in total. The van der Waals surface area contributed by atoms with Gasteiger partial charge in [-0.15, -0.1) is 0 Å². The second-order valence-electron chi connectivity index (χ2n) is 4.61. The Kier molecular flexibility index (Phi) is 2.52. The number of nitrogen functional groups attached to an aromatic ring is 1. The Balaban J connectivity index is 2.00. The minimum Gasteiger partial charge on any atom is -0.399 e. The third-order valence-corrected chi connectivity index (χ3v) is 3.08. The van der Waals surface area contributed by atoms with E-state index in [2.05, 4.69) is 40.7 Å². The monoisotopic (exact) mass is 237 g/mol. The molecule has 0 bridgehead atoms. The second kappa shape index (κ2) is 4.18. The number of aromatic nitrogens is 2. The van der Waals surface area contributed by atoms with Gasteiger partial charge in [0.05, 0.1) is 17.4 Å². The first-order valence-corrected chi connectivity index (χ1v) is 5.98. The van der Waals surface area contributed by atoms with Gasteiger partial charge in [0.25, 0.3) is 0 Å². The van der Waals surface area contributed by atoms with Crippen molar-refractivity contribution in [2.75, 3.05) is 5.73 Å². The summed E-state index contributed by atoms with van der Waals surface area (Å²) < 4.78 is 2.14. The average Bonchev–Trinajstić information content (AvgIpc) is 2.72. The highest BCUT2D eigenvalue weighted by molar-refractivity contribution is 5.76. The number of hydrogen-bond acceptors (Lipinski definition) is 2. The maximum absolute atomic E-state index is 5.80. The number of benzene rings is 2. The molecule has 0 amide bonds. The molecule has 90 valence electrons. The van der Waals surface area contributed by atoms with Gasteiger partial charge in [-0.2, -0.15) is 0 Å². The molecule has 3 rings (SSSR count). The summed E-state index contributed by atoms with van der Waals surface area (Å²) in [5, 5.41) is 0. The second-order valence-corrected chi connectivity index (χ2v) is 4.61. The predicted octanol–water partition coefficient (Wildman–Crippen LogP) is 2.98. The van der Waals surface area contributed by atoms with Crippen molar-refractivity contribution in [1.29, 1.82) is 0 Å². The van der Waals surface area contributed by atoms with E-state index in [1.54, 1.807) is 0 Å². The van der Waals surface area contributed by atoms with E-state index in [9.17, 15) is 0 Å². The SMILES string of the molecule is Cc1ccc2c(c1)ncn2Cc1cccc(N)c1. The zero-order chi connectivity index (χ0) is 12.5. The number of nitrogens with zero attached hydrogens (tertiary/aromatic N) is 2. The zero-order valence-corrected chi connectivity index (χ0v) is 10.3. The fourth-order valence-electron chi connectivity index (χ4n) is 2.19. The Morgan fingerprint density at radius 2 is 2.06 bits per heavy atom. The zero-order valence-electron chi connectivity index (χ0n) is 10.3. The maximum atomic E-state index is 5.80. The van der Waals surface area contributed by atoms with Crippen LogP contribution in [-0.4, -0.2) is 9.55 Å². The van der Waals surface area contributed by atoms with Gasteiger partial charge in [0.15, 0.2) is 0 Å². The van der Waals surface area contributed by atoms with Crippen LogP contribution in [0.2, 0.25) is 0 Å².